The van der Waals surface area contributed by atoms with E-state index in [9.17, 15) is 0 Å². The number of rotatable bonds is 6. The normalized spacial score (nSPS) is 12.9. The number of benzene rings is 2. The van der Waals surface area contributed by atoms with Gasteiger partial charge in [-0.15, -0.1) is 0 Å². The first-order chi connectivity index (χ1) is 12.2. The molecule has 0 saturated carbocycles. The molecule has 2 aromatic rings. The van der Waals surface area contributed by atoms with E-state index >= 15 is 0 Å². The summed E-state index contributed by atoms with van der Waals surface area (Å²) in [5, 5.41) is 0. The Morgan fingerprint density at radius 3 is 2.20 bits per heavy atom. The molecule has 5 nitrogen and oxygen atoms in total. The zero-order valence-corrected chi connectivity index (χ0v) is 15.1. The number of fused-ring (bicyclic) bond motifs is 1. The van der Waals surface area contributed by atoms with Gasteiger partial charge in [0.15, 0.2) is 17.2 Å². The summed E-state index contributed by atoms with van der Waals surface area (Å²) >= 11 is 0. The lowest BCUT2D eigenvalue weighted by Gasteiger charge is -2.16. The minimum atomic E-state index is 0.612. The van der Waals surface area contributed by atoms with Crippen molar-refractivity contribution in [2.45, 2.75) is 12.8 Å². The van der Waals surface area contributed by atoms with Gasteiger partial charge in [-0.1, -0.05) is 0 Å². The van der Waals surface area contributed by atoms with Crippen molar-refractivity contribution in [2.75, 3.05) is 35.0 Å². The number of methoxy groups -OCH3 is 4. The lowest BCUT2D eigenvalue weighted by atomic mass is 9.93. The average Bonchev–Trinajstić information content (AvgIpc) is 2.66. The van der Waals surface area contributed by atoms with Gasteiger partial charge in [-0.25, -0.2) is 4.99 Å². The third-order valence-corrected chi connectivity index (χ3v) is 4.48. The Balaban J connectivity index is 1.94. The van der Waals surface area contributed by atoms with Gasteiger partial charge in [0.1, 0.15) is 12.3 Å². The van der Waals surface area contributed by atoms with Gasteiger partial charge in [-0.2, -0.15) is 0 Å². The van der Waals surface area contributed by atoms with E-state index in [0.717, 1.165) is 30.7 Å². The minimum absolute atomic E-state index is 0.612. The molecule has 2 aromatic carbocycles. The first-order valence-electron chi connectivity index (χ1n) is 8.26. The molecule has 132 valence electrons. The molecule has 0 aromatic heterocycles. The zero-order valence-electron chi connectivity index (χ0n) is 15.1. The Hall–Kier alpha value is -2.69. The smallest absolute Gasteiger partial charge is 0.203 e. The van der Waals surface area contributed by atoms with Crippen LogP contribution in [0, 0.1) is 0 Å². The van der Waals surface area contributed by atoms with Crippen molar-refractivity contribution in [3.63, 3.8) is 0 Å². The van der Waals surface area contributed by atoms with Crippen molar-refractivity contribution in [1.29, 1.82) is 0 Å². The second-order valence-electron chi connectivity index (χ2n) is 5.89. The number of nitrogens with one attached hydrogen (secondary N) is 1. The molecule has 1 aliphatic heterocycles. The molecule has 0 saturated heterocycles. The molecule has 0 bridgehead atoms. The molecule has 25 heavy (non-hydrogen) atoms. The minimum Gasteiger partial charge on any atom is -0.497 e. The van der Waals surface area contributed by atoms with Gasteiger partial charge < -0.3 is 18.9 Å². The fourth-order valence-corrected chi connectivity index (χ4v) is 3.24. The SMILES string of the molecule is COc1ccc2c(c1)CC[NH+]=C2Cc1cc(OC)c(OC)c(OC)c1. The summed E-state index contributed by atoms with van der Waals surface area (Å²) in [5.74, 6) is 2.85. The fourth-order valence-electron chi connectivity index (χ4n) is 3.24. The molecule has 0 aliphatic carbocycles. The van der Waals surface area contributed by atoms with Crippen LogP contribution < -0.4 is 23.9 Å². The summed E-state index contributed by atoms with van der Waals surface area (Å²) in [6.07, 6.45) is 1.75. The number of hydrogen-bond acceptors (Lipinski definition) is 4. The van der Waals surface area contributed by atoms with Crippen molar-refractivity contribution >= 4 is 5.71 Å². The van der Waals surface area contributed by atoms with Gasteiger partial charge in [0.25, 0.3) is 0 Å². The summed E-state index contributed by atoms with van der Waals surface area (Å²) < 4.78 is 21.7. The van der Waals surface area contributed by atoms with Crippen LogP contribution >= 0.6 is 0 Å². The Bertz CT molecular complexity index is 773. The lowest BCUT2D eigenvalue weighted by Crippen LogP contribution is -2.76. The van der Waals surface area contributed by atoms with Crippen molar-refractivity contribution in [3.8, 4) is 23.0 Å². The lowest BCUT2D eigenvalue weighted by molar-refractivity contribution is -0.458. The van der Waals surface area contributed by atoms with Gasteiger partial charge in [-0.05, 0) is 41.5 Å². The van der Waals surface area contributed by atoms with E-state index in [1.807, 2.05) is 18.2 Å². The monoisotopic (exact) mass is 342 g/mol. The fraction of sp³-hybridized carbons (Fsp3) is 0.350. The van der Waals surface area contributed by atoms with E-state index in [1.165, 1.54) is 16.8 Å². The van der Waals surface area contributed by atoms with Crippen LogP contribution in [0.15, 0.2) is 30.3 Å². The van der Waals surface area contributed by atoms with Crippen LogP contribution in [0.1, 0.15) is 16.7 Å². The van der Waals surface area contributed by atoms with Gasteiger partial charge in [-0.3, -0.25) is 0 Å². The van der Waals surface area contributed by atoms with Crippen molar-refractivity contribution < 1.29 is 23.9 Å². The first-order valence-corrected chi connectivity index (χ1v) is 8.26. The van der Waals surface area contributed by atoms with Crippen LogP contribution in [-0.4, -0.2) is 40.7 Å². The van der Waals surface area contributed by atoms with Crippen LogP contribution in [0.25, 0.3) is 0 Å². The maximum Gasteiger partial charge on any atom is 0.203 e. The van der Waals surface area contributed by atoms with E-state index in [0.29, 0.717) is 17.2 Å². The summed E-state index contributed by atoms with van der Waals surface area (Å²) in [7, 11) is 6.58. The molecular weight excluding hydrogens is 318 g/mol. The summed E-state index contributed by atoms with van der Waals surface area (Å²) in [4.78, 5) is 3.53. The van der Waals surface area contributed by atoms with Crippen molar-refractivity contribution in [3.05, 3.63) is 47.0 Å². The molecule has 1 aliphatic rings. The van der Waals surface area contributed by atoms with Crippen LogP contribution in [-0.2, 0) is 12.8 Å². The maximum absolute atomic E-state index is 5.46. The van der Waals surface area contributed by atoms with E-state index in [2.05, 4.69) is 17.1 Å². The highest BCUT2D eigenvalue weighted by atomic mass is 16.5. The van der Waals surface area contributed by atoms with Gasteiger partial charge in [0.05, 0.1) is 34.9 Å². The highest BCUT2D eigenvalue weighted by Gasteiger charge is 2.22. The number of ether oxygens (including phenoxy) is 4. The highest BCUT2D eigenvalue weighted by Crippen LogP contribution is 2.38. The average molecular weight is 342 g/mol. The topological polar surface area (TPSA) is 50.9 Å². The zero-order chi connectivity index (χ0) is 17.8. The predicted molar refractivity (Wildman–Crippen MR) is 96.4 cm³/mol. The molecule has 0 unspecified atom stereocenters. The second-order valence-corrected chi connectivity index (χ2v) is 5.89. The molecule has 0 spiro atoms. The predicted octanol–water partition coefficient (Wildman–Crippen LogP) is 1.39. The third kappa shape index (κ3) is 3.40. The van der Waals surface area contributed by atoms with Gasteiger partial charge in [0, 0.05) is 12.0 Å². The molecular formula is C20H24NO4+. The van der Waals surface area contributed by atoms with Gasteiger partial charge in [0.2, 0.25) is 5.75 Å². The van der Waals surface area contributed by atoms with Crippen LogP contribution in [0.5, 0.6) is 23.0 Å². The molecule has 1 heterocycles. The van der Waals surface area contributed by atoms with Crippen LogP contribution in [0.2, 0.25) is 0 Å². The second kappa shape index (κ2) is 7.47. The standard InChI is InChI=1S/C20H23NO4/c1-22-15-5-6-16-14(12-15)7-8-21-17(16)9-13-10-18(23-2)20(25-4)19(11-13)24-3/h5-6,10-12H,7-9H2,1-4H3/p+1. The molecule has 0 amide bonds. The van der Waals surface area contributed by atoms with Crippen LogP contribution in [0.3, 0.4) is 0 Å². The summed E-state index contributed by atoms with van der Waals surface area (Å²) in [6, 6.07) is 10.2. The first kappa shape index (κ1) is 17.1. The molecule has 0 radical (unpaired) electrons. The highest BCUT2D eigenvalue weighted by molar-refractivity contribution is 5.99. The van der Waals surface area contributed by atoms with Crippen molar-refractivity contribution in [2.24, 2.45) is 0 Å². The molecule has 1 N–H and O–H groups in total. The van der Waals surface area contributed by atoms with E-state index in [1.54, 1.807) is 28.4 Å². The Morgan fingerprint density at radius 1 is 0.880 bits per heavy atom. The van der Waals surface area contributed by atoms with Gasteiger partial charge >= 0.3 is 0 Å². The van der Waals surface area contributed by atoms with E-state index in [-0.39, 0.29) is 0 Å². The molecule has 0 atom stereocenters. The largest absolute Gasteiger partial charge is 0.497 e. The quantitative estimate of drug-likeness (QED) is 0.862. The summed E-state index contributed by atoms with van der Waals surface area (Å²) in [6.45, 7) is 0.917. The maximum atomic E-state index is 5.46. The molecule has 5 heteroatoms. The molecule has 3 rings (SSSR count). The van der Waals surface area contributed by atoms with Crippen molar-refractivity contribution in [1.82, 2.24) is 0 Å². The Labute approximate surface area is 148 Å². The number of hydrogen-bond donors (Lipinski definition) is 1. The van der Waals surface area contributed by atoms with E-state index < -0.39 is 0 Å². The molecule has 0 fully saturated rings. The van der Waals surface area contributed by atoms with E-state index in [4.69, 9.17) is 18.9 Å². The van der Waals surface area contributed by atoms with Crippen LogP contribution in [0.4, 0.5) is 0 Å². The Morgan fingerprint density at radius 2 is 1.60 bits per heavy atom. The third-order valence-electron chi connectivity index (χ3n) is 4.48. The Kier molecular flexibility index (Phi) is 5.12. The summed E-state index contributed by atoms with van der Waals surface area (Å²) in [5.41, 5.74) is 4.83.